The molecule has 0 saturated carbocycles. The molecular formula is C20H30N2O2. The number of benzene rings is 1. The van der Waals surface area contributed by atoms with Crippen molar-refractivity contribution in [3.8, 4) is 5.75 Å². The van der Waals surface area contributed by atoms with Gasteiger partial charge in [0, 0.05) is 37.7 Å². The summed E-state index contributed by atoms with van der Waals surface area (Å²) in [5, 5.41) is 0. The second-order valence-electron chi connectivity index (χ2n) is 7.38. The predicted molar refractivity (Wildman–Crippen MR) is 96.0 cm³/mol. The van der Waals surface area contributed by atoms with Gasteiger partial charge in [-0.2, -0.15) is 0 Å². The van der Waals surface area contributed by atoms with Crippen LogP contribution in [0.5, 0.6) is 5.75 Å². The standard InChI is InChI=1S/C20H30N2O2/c1-15(2)24-20-11-5-4-8-17(20)14-21-12-6-9-18(21)19-10-7-13-22(19)16(3)23/h4-5,8,11,15,18-19H,6-7,9-10,12-14H2,1-3H3/t18-,19+/m1/s1. The normalized spacial score (nSPS) is 24.8. The van der Waals surface area contributed by atoms with Crippen LogP contribution in [0.15, 0.2) is 24.3 Å². The van der Waals surface area contributed by atoms with E-state index in [9.17, 15) is 4.79 Å². The first-order valence-electron chi connectivity index (χ1n) is 9.32. The molecule has 3 rings (SSSR count). The molecule has 2 saturated heterocycles. The zero-order valence-electron chi connectivity index (χ0n) is 15.2. The number of para-hydroxylation sites is 1. The van der Waals surface area contributed by atoms with Crippen LogP contribution in [0.3, 0.4) is 0 Å². The Morgan fingerprint density at radius 1 is 1.17 bits per heavy atom. The Balaban J connectivity index is 1.74. The fraction of sp³-hybridized carbons (Fsp3) is 0.650. The highest BCUT2D eigenvalue weighted by Crippen LogP contribution is 2.32. The quantitative estimate of drug-likeness (QED) is 0.829. The summed E-state index contributed by atoms with van der Waals surface area (Å²) in [6.45, 7) is 8.80. The van der Waals surface area contributed by atoms with Crippen molar-refractivity contribution in [2.75, 3.05) is 13.1 Å². The topological polar surface area (TPSA) is 32.8 Å². The van der Waals surface area contributed by atoms with Crippen LogP contribution < -0.4 is 4.74 Å². The Hall–Kier alpha value is -1.55. The van der Waals surface area contributed by atoms with Gasteiger partial charge in [0.2, 0.25) is 5.91 Å². The van der Waals surface area contributed by atoms with Gasteiger partial charge in [-0.3, -0.25) is 9.69 Å². The molecule has 0 radical (unpaired) electrons. The zero-order chi connectivity index (χ0) is 17.1. The van der Waals surface area contributed by atoms with E-state index in [-0.39, 0.29) is 12.0 Å². The smallest absolute Gasteiger partial charge is 0.219 e. The van der Waals surface area contributed by atoms with E-state index >= 15 is 0 Å². The second-order valence-corrected chi connectivity index (χ2v) is 7.38. The van der Waals surface area contributed by atoms with Gasteiger partial charge in [-0.15, -0.1) is 0 Å². The maximum Gasteiger partial charge on any atom is 0.219 e. The van der Waals surface area contributed by atoms with E-state index < -0.39 is 0 Å². The van der Waals surface area contributed by atoms with Gasteiger partial charge >= 0.3 is 0 Å². The van der Waals surface area contributed by atoms with Gasteiger partial charge in [-0.25, -0.2) is 0 Å². The molecular weight excluding hydrogens is 300 g/mol. The number of carbonyl (C=O) groups is 1. The van der Waals surface area contributed by atoms with Crippen molar-refractivity contribution in [2.45, 2.75) is 71.2 Å². The average molecular weight is 330 g/mol. The number of likely N-dealkylation sites (tertiary alicyclic amines) is 2. The summed E-state index contributed by atoms with van der Waals surface area (Å²) in [5.41, 5.74) is 1.26. The molecule has 0 bridgehead atoms. The molecule has 0 N–H and O–H groups in total. The van der Waals surface area contributed by atoms with Crippen molar-refractivity contribution in [1.82, 2.24) is 9.80 Å². The molecule has 0 unspecified atom stereocenters. The third kappa shape index (κ3) is 3.75. The summed E-state index contributed by atoms with van der Waals surface area (Å²) >= 11 is 0. The molecule has 132 valence electrons. The summed E-state index contributed by atoms with van der Waals surface area (Å²) in [5.74, 6) is 1.22. The average Bonchev–Trinajstić information content (AvgIpc) is 3.17. The van der Waals surface area contributed by atoms with Gasteiger partial charge < -0.3 is 9.64 Å². The van der Waals surface area contributed by atoms with Crippen molar-refractivity contribution >= 4 is 5.91 Å². The molecule has 24 heavy (non-hydrogen) atoms. The van der Waals surface area contributed by atoms with E-state index in [1.54, 1.807) is 6.92 Å². The first kappa shape index (κ1) is 17.3. The molecule has 0 aliphatic carbocycles. The number of ether oxygens (including phenoxy) is 1. The Morgan fingerprint density at radius 3 is 2.62 bits per heavy atom. The maximum atomic E-state index is 11.9. The first-order valence-corrected chi connectivity index (χ1v) is 9.32. The SMILES string of the molecule is CC(=O)N1CCC[C@H]1[C@H]1CCCN1Cc1ccccc1OC(C)C. The lowest BCUT2D eigenvalue weighted by molar-refractivity contribution is -0.130. The molecule has 1 aromatic rings. The summed E-state index contributed by atoms with van der Waals surface area (Å²) < 4.78 is 5.98. The number of rotatable bonds is 5. The van der Waals surface area contributed by atoms with E-state index in [0.29, 0.717) is 12.1 Å². The Labute approximate surface area is 145 Å². The van der Waals surface area contributed by atoms with Crippen LogP contribution in [0.25, 0.3) is 0 Å². The predicted octanol–water partition coefficient (Wildman–Crippen LogP) is 3.45. The van der Waals surface area contributed by atoms with Crippen LogP contribution in [-0.4, -0.2) is 47.0 Å². The van der Waals surface area contributed by atoms with Crippen molar-refractivity contribution in [3.05, 3.63) is 29.8 Å². The van der Waals surface area contributed by atoms with E-state index in [4.69, 9.17) is 4.74 Å². The van der Waals surface area contributed by atoms with Crippen molar-refractivity contribution in [2.24, 2.45) is 0 Å². The highest BCUT2D eigenvalue weighted by molar-refractivity contribution is 5.74. The number of hydrogen-bond donors (Lipinski definition) is 0. The van der Waals surface area contributed by atoms with Crippen molar-refractivity contribution in [1.29, 1.82) is 0 Å². The van der Waals surface area contributed by atoms with Gasteiger partial charge in [-0.05, 0) is 52.1 Å². The lowest BCUT2D eigenvalue weighted by atomic mass is 10.0. The monoisotopic (exact) mass is 330 g/mol. The Kier molecular flexibility index (Phi) is 5.44. The lowest BCUT2D eigenvalue weighted by Gasteiger charge is -2.35. The molecule has 1 amide bonds. The molecule has 0 spiro atoms. The number of hydrogen-bond acceptors (Lipinski definition) is 3. The molecule has 1 aromatic carbocycles. The fourth-order valence-corrected chi connectivity index (χ4v) is 4.29. The minimum Gasteiger partial charge on any atom is -0.491 e. The molecule has 2 fully saturated rings. The van der Waals surface area contributed by atoms with E-state index in [1.807, 2.05) is 6.07 Å². The van der Waals surface area contributed by atoms with Crippen molar-refractivity contribution in [3.63, 3.8) is 0 Å². The summed E-state index contributed by atoms with van der Waals surface area (Å²) in [4.78, 5) is 16.6. The second kappa shape index (κ2) is 7.56. The third-order valence-electron chi connectivity index (χ3n) is 5.27. The van der Waals surface area contributed by atoms with E-state index in [2.05, 4.69) is 41.8 Å². The molecule has 2 aliphatic heterocycles. The van der Waals surface area contributed by atoms with Crippen LogP contribution in [0, 0.1) is 0 Å². The van der Waals surface area contributed by atoms with Gasteiger partial charge in [-0.1, -0.05) is 18.2 Å². The molecule has 4 heteroatoms. The van der Waals surface area contributed by atoms with Gasteiger partial charge in [0.15, 0.2) is 0 Å². The van der Waals surface area contributed by atoms with Gasteiger partial charge in [0.25, 0.3) is 0 Å². The summed E-state index contributed by atoms with van der Waals surface area (Å²) in [7, 11) is 0. The highest BCUT2D eigenvalue weighted by Gasteiger charge is 2.38. The van der Waals surface area contributed by atoms with Crippen molar-refractivity contribution < 1.29 is 9.53 Å². The maximum absolute atomic E-state index is 11.9. The third-order valence-corrected chi connectivity index (χ3v) is 5.27. The van der Waals surface area contributed by atoms with E-state index in [1.165, 1.54) is 18.4 Å². The fourth-order valence-electron chi connectivity index (χ4n) is 4.29. The molecule has 2 atom stereocenters. The largest absolute Gasteiger partial charge is 0.491 e. The van der Waals surface area contributed by atoms with Crippen LogP contribution in [0.1, 0.15) is 52.0 Å². The van der Waals surface area contributed by atoms with Crippen LogP contribution in [-0.2, 0) is 11.3 Å². The zero-order valence-corrected chi connectivity index (χ0v) is 15.2. The van der Waals surface area contributed by atoms with Gasteiger partial charge in [0.05, 0.1) is 6.10 Å². The summed E-state index contributed by atoms with van der Waals surface area (Å²) in [6, 6.07) is 9.25. The summed E-state index contributed by atoms with van der Waals surface area (Å²) in [6.07, 6.45) is 4.89. The minimum atomic E-state index is 0.184. The molecule has 0 aromatic heterocycles. The first-order chi connectivity index (χ1) is 11.6. The Morgan fingerprint density at radius 2 is 1.88 bits per heavy atom. The number of nitrogens with zero attached hydrogens (tertiary/aromatic N) is 2. The van der Waals surface area contributed by atoms with E-state index in [0.717, 1.165) is 38.2 Å². The van der Waals surface area contributed by atoms with Gasteiger partial charge in [0.1, 0.15) is 5.75 Å². The van der Waals surface area contributed by atoms with Crippen LogP contribution in [0.2, 0.25) is 0 Å². The molecule has 2 aliphatic rings. The lowest BCUT2D eigenvalue weighted by Crippen LogP contribution is -2.47. The number of amides is 1. The van der Waals surface area contributed by atoms with Crippen LogP contribution >= 0.6 is 0 Å². The minimum absolute atomic E-state index is 0.184. The Bertz CT molecular complexity index is 573. The number of carbonyl (C=O) groups excluding carboxylic acids is 1. The van der Waals surface area contributed by atoms with Crippen LogP contribution in [0.4, 0.5) is 0 Å². The molecule has 4 nitrogen and oxygen atoms in total. The molecule has 2 heterocycles. The highest BCUT2D eigenvalue weighted by atomic mass is 16.5.